The highest BCUT2D eigenvalue weighted by atomic mass is 16.4. The van der Waals surface area contributed by atoms with Gasteiger partial charge in [0.25, 0.3) is 0 Å². The molecule has 0 aliphatic carbocycles. The zero-order chi connectivity index (χ0) is 22.4. The highest BCUT2D eigenvalue weighted by Crippen LogP contribution is 1.98. The van der Waals surface area contributed by atoms with Crippen LogP contribution in [0.25, 0.3) is 0 Å². The van der Waals surface area contributed by atoms with Crippen molar-refractivity contribution in [3.8, 4) is 0 Å². The van der Waals surface area contributed by atoms with Crippen LogP contribution in [0.15, 0.2) is 0 Å². The van der Waals surface area contributed by atoms with E-state index in [4.69, 9.17) is 66.4 Å². The smallest absolute Gasteiger partial charge is 0.110 e. The topological polar surface area (TPSA) is 263 Å². The highest BCUT2D eigenvalue weighted by molar-refractivity contribution is 4.73. The molecule has 0 aromatic heterocycles. The van der Waals surface area contributed by atoms with Crippen LogP contribution in [0.3, 0.4) is 0 Å². The molecular weight excluding hydrogens is 376 g/mol. The van der Waals surface area contributed by atoms with Crippen molar-refractivity contribution >= 4 is 0 Å². The molecule has 27 heavy (non-hydrogen) atoms. The molecule has 0 bridgehead atoms. The highest BCUT2D eigenvalue weighted by Gasteiger charge is 2.22. The van der Waals surface area contributed by atoms with Crippen molar-refractivity contribution < 1.29 is 66.4 Å². The van der Waals surface area contributed by atoms with Gasteiger partial charge in [-0.3, -0.25) is 0 Å². The third-order valence-corrected chi connectivity index (χ3v) is 2.40. The van der Waals surface area contributed by atoms with Crippen molar-refractivity contribution in [2.75, 3.05) is 46.2 Å². The van der Waals surface area contributed by atoms with E-state index >= 15 is 0 Å². The normalized spacial score (nSPS) is 15.7. The van der Waals surface area contributed by atoms with Crippen molar-refractivity contribution in [3.05, 3.63) is 0 Å². The number of rotatable bonds is 9. The summed E-state index contributed by atoms with van der Waals surface area (Å²) in [5, 5.41) is 107. The molecule has 0 heterocycles. The maximum atomic E-state index is 8.77. The molecule has 0 aliphatic rings. The Kier molecular flexibility index (Phi) is 32.1. The predicted molar refractivity (Wildman–Crippen MR) is 91.3 cm³/mol. The van der Waals surface area contributed by atoms with Crippen LogP contribution in [0.4, 0.5) is 0 Å². The molecule has 0 aromatic carbocycles. The minimum Gasteiger partial charge on any atom is -0.397 e. The predicted octanol–water partition coefficient (Wildman–Crippen LogP) is -6.92. The second-order valence-corrected chi connectivity index (χ2v) is 4.83. The van der Waals surface area contributed by atoms with E-state index in [1.807, 2.05) is 0 Å². The first kappa shape index (κ1) is 34.0. The fourth-order valence-electron chi connectivity index (χ4n) is 0.774. The largest absolute Gasteiger partial charge is 0.397 e. The summed E-state index contributed by atoms with van der Waals surface area (Å²) in [7, 11) is 0. The molecule has 0 fully saturated rings. The molecule has 0 amide bonds. The molecule has 0 radical (unpaired) electrons. The van der Waals surface area contributed by atoms with E-state index < -0.39 is 63.1 Å². The summed E-state index contributed by atoms with van der Waals surface area (Å²) < 4.78 is 0. The summed E-state index contributed by atoms with van der Waals surface area (Å²) in [4.78, 5) is 0. The van der Waals surface area contributed by atoms with Crippen LogP contribution in [0.1, 0.15) is 6.92 Å². The molecule has 0 aromatic rings. The Bertz CT molecular complexity index is 237. The minimum absolute atomic E-state index is 0.250. The van der Waals surface area contributed by atoms with Gasteiger partial charge in [0.15, 0.2) is 0 Å². The van der Waals surface area contributed by atoms with Crippen LogP contribution >= 0.6 is 0 Å². The molecule has 13 heteroatoms. The Labute approximate surface area is 157 Å². The lowest BCUT2D eigenvalue weighted by Gasteiger charge is -2.19. The van der Waals surface area contributed by atoms with E-state index in [1.54, 1.807) is 6.92 Å². The molecule has 5 atom stereocenters. The van der Waals surface area contributed by atoms with Crippen molar-refractivity contribution in [2.45, 2.75) is 43.5 Å². The van der Waals surface area contributed by atoms with E-state index in [-0.39, 0.29) is 19.8 Å². The second-order valence-electron chi connectivity index (χ2n) is 4.83. The van der Waals surface area contributed by atoms with Gasteiger partial charge in [0.05, 0.1) is 39.6 Å². The SMILES string of the molecule is CCO.OCC(O)CO.OC[C@@H](O)C(O)[C@@H](O)CO.OC[C@@H](O)[C@@H](O)CO. The van der Waals surface area contributed by atoms with Crippen molar-refractivity contribution in [1.82, 2.24) is 0 Å². The molecule has 0 aliphatic heterocycles. The Morgan fingerprint density at radius 3 is 0.778 bits per heavy atom. The lowest BCUT2D eigenvalue weighted by atomic mass is 10.1. The van der Waals surface area contributed by atoms with Gasteiger partial charge in [-0.05, 0) is 6.92 Å². The molecule has 13 nitrogen and oxygen atoms in total. The standard InChI is InChI=1S/C5H12O5.C4H10O4.C3H8O3.C2H6O/c6-1-3(8)5(10)4(9)2-7;5-1-3(7)4(8)2-6;4-1-3(6)2-5;1-2-3/h3-10H,1-2H2;3-8H,1-2H2;3-6H,1-2H2;3H,2H2,1H3/t3-,4+,5?;3-,4+;;. The maximum absolute atomic E-state index is 8.77. The Morgan fingerprint density at radius 2 is 0.667 bits per heavy atom. The van der Waals surface area contributed by atoms with Gasteiger partial charge in [0.2, 0.25) is 0 Å². The van der Waals surface area contributed by atoms with Gasteiger partial charge in [-0.2, -0.15) is 0 Å². The van der Waals surface area contributed by atoms with Crippen LogP contribution in [0.5, 0.6) is 0 Å². The average Bonchev–Trinajstić information content (AvgIpc) is 2.71. The fraction of sp³-hybridized carbons (Fsp3) is 1.00. The third kappa shape index (κ3) is 25.5. The minimum atomic E-state index is -1.49. The van der Waals surface area contributed by atoms with Crippen molar-refractivity contribution in [3.63, 3.8) is 0 Å². The van der Waals surface area contributed by atoms with Crippen molar-refractivity contribution in [1.29, 1.82) is 0 Å². The lowest BCUT2D eigenvalue weighted by Crippen LogP contribution is -2.41. The molecule has 0 rings (SSSR count). The van der Waals surface area contributed by atoms with Crippen LogP contribution in [-0.2, 0) is 0 Å². The average molecular weight is 412 g/mol. The molecule has 0 saturated heterocycles. The van der Waals surface area contributed by atoms with Gasteiger partial charge in [0, 0.05) is 6.61 Å². The Balaban J connectivity index is -0.000000140. The molecule has 13 N–H and O–H groups in total. The summed E-state index contributed by atoms with van der Waals surface area (Å²) >= 11 is 0. The van der Waals surface area contributed by atoms with Crippen LogP contribution in [0.2, 0.25) is 0 Å². The zero-order valence-electron chi connectivity index (χ0n) is 15.2. The summed E-state index contributed by atoms with van der Waals surface area (Å²) in [5.74, 6) is 0. The van der Waals surface area contributed by atoms with E-state index in [9.17, 15) is 0 Å². The van der Waals surface area contributed by atoms with E-state index in [1.165, 1.54) is 0 Å². The lowest BCUT2D eigenvalue weighted by molar-refractivity contribution is -0.0900. The first-order chi connectivity index (χ1) is 12.6. The fourth-order valence-corrected chi connectivity index (χ4v) is 0.774. The first-order valence-corrected chi connectivity index (χ1v) is 7.92. The first-order valence-electron chi connectivity index (χ1n) is 7.92. The number of hydrogen-bond acceptors (Lipinski definition) is 13. The van der Waals surface area contributed by atoms with Crippen LogP contribution in [-0.4, -0.2) is 149 Å². The van der Waals surface area contributed by atoms with Crippen LogP contribution in [0, 0.1) is 0 Å². The molecule has 0 spiro atoms. The zero-order valence-corrected chi connectivity index (χ0v) is 15.2. The number of aliphatic hydroxyl groups excluding tert-OH is 13. The quantitative estimate of drug-likeness (QED) is 0.168. The molecule has 170 valence electrons. The molecular formula is C14H36O13. The van der Waals surface area contributed by atoms with E-state index in [0.717, 1.165) is 0 Å². The van der Waals surface area contributed by atoms with E-state index in [0.29, 0.717) is 0 Å². The molecule has 0 saturated carbocycles. The summed E-state index contributed by atoms with van der Waals surface area (Å²) in [6.45, 7) is -1.13. The summed E-state index contributed by atoms with van der Waals surface area (Å²) in [5.41, 5.74) is 0. The summed E-state index contributed by atoms with van der Waals surface area (Å²) in [6.07, 6.45) is -7.69. The maximum Gasteiger partial charge on any atom is 0.110 e. The van der Waals surface area contributed by atoms with Gasteiger partial charge in [-0.25, -0.2) is 0 Å². The van der Waals surface area contributed by atoms with Gasteiger partial charge < -0.3 is 66.4 Å². The monoisotopic (exact) mass is 412 g/mol. The molecule has 1 unspecified atom stereocenters. The van der Waals surface area contributed by atoms with E-state index in [2.05, 4.69) is 0 Å². The van der Waals surface area contributed by atoms with Gasteiger partial charge >= 0.3 is 0 Å². The van der Waals surface area contributed by atoms with Gasteiger partial charge in [0.1, 0.15) is 36.6 Å². The Morgan fingerprint density at radius 1 is 0.444 bits per heavy atom. The Hall–Kier alpha value is -0.520. The second kappa shape index (κ2) is 25.5. The third-order valence-electron chi connectivity index (χ3n) is 2.40. The van der Waals surface area contributed by atoms with Crippen molar-refractivity contribution in [2.24, 2.45) is 0 Å². The number of hydrogen-bond donors (Lipinski definition) is 13. The van der Waals surface area contributed by atoms with Gasteiger partial charge in [-0.15, -0.1) is 0 Å². The summed E-state index contributed by atoms with van der Waals surface area (Å²) in [6, 6.07) is 0. The van der Waals surface area contributed by atoms with Gasteiger partial charge in [-0.1, -0.05) is 0 Å². The number of aliphatic hydroxyl groups is 13. The van der Waals surface area contributed by atoms with Crippen LogP contribution < -0.4 is 0 Å².